The highest BCUT2D eigenvalue weighted by atomic mass is 32.2. The van der Waals surface area contributed by atoms with Crippen LogP contribution in [0.3, 0.4) is 0 Å². The number of piperazine rings is 1. The molecule has 208 valence electrons. The van der Waals surface area contributed by atoms with Gasteiger partial charge in [0.05, 0.1) is 23.9 Å². The molecule has 1 aromatic carbocycles. The van der Waals surface area contributed by atoms with Crippen LogP contribution in [0.25, 0.3) is 0 Å². The predicted octanol–water partition coefficient (Wildman–Crippen LogP) is 2.90. The number of rotatable bonds is 8. The van der Waals surface area contributed by atoms with Crippen LogP contribution in [-0.4, -0.2) is 107 Å². The maximum absolute atomic E-state index is 13.8. The minimum atomic E-state index is -3.53. The summed E-state index contributed by atoms with van der Waals surface area (Å²) < 4.78 is 38.8. The van der Waals surface area contributed by atoms with E-state index in [0.717, 1.165) is 69.7 Å². The molecule has 0 bridgehead atoms. The molecule has 1 amide bonds. The summed E-state index contributed by atoms with van der Waals surface area (Å²) in [6.07, 6.45) is 5.74. The van der Waals surface area contributed by atoms with Crippen LogP contribution in [0.5, 0.6) is 5.75 Å². The van der Waals surface area contributed by atoms with Crippen molar-refractivity contribution in [2.24, 2.45) is 5.92 Å². The maximum atomic E-state index is 13.8. The predicted molar refractivity (Wildman–Crippen MR) is 145 cm³/mol. The van der Waals surface area contributed by atoms with Gasteiger partial charge < -0.3 is 19.3 Å². The molecule has 0 spiro atoms. The highest BCUT2D eigenvalue weighted by Gasteiger charge is 2.38. The van der Waals surface area contributed by atoms with E-state index in [2.05, 4.69) is 16.8 Å². The lowest BCUT2D eigenvalue weighted by molar-refractivity contribution is -0.138. The standard InChI is InChI=1S/C28H45N3O5S/c1-21-17-25(35-4)18-22(2)28(21)37(33,34)26-8-6-5-7-23(26)19-36-20-27(32)31-15-13-30(14-16-31)24-9-11-29(3)12-10-24/h17-18,23-24,26H,5-16,19-20H2,1-4H3. The first-order valence-corrected chi connectivity index (χ1v) is 15.4. The largest absolute Gasteiger partial charge is 0.497 e. The van der Waals surface area contributed by atoms with Gasteiger partial charge in [-0.2, -0.15) is 0 Å². The molecule has 4 rings (SSSR count). The van der Waals surface area contributed by atoms with Crippen LogP contribution in [0.2, 0.25) is 0 Å². The van der Waals surface area contributed by atoms with Gasteiger partial charge in [-0.15, -0.1) is 0 Å². The van der Waals surface area contributed by atoms with Crippen LogP contribution in [0.4, 0.5) is 0 Å². The van der Waals surface area contributed by atoms with Gasteiger partial charge in [-0.05, 0) is 88.8 Å². The number of aryl methyl sites for hydroxylation is 2. The molecule has 1 aliphatic carbocycles. The number of ether oxygens (including phenoxy) is 2. The fourth-order valence-corrected chi connectivity index (χ4v) is 9.00. The summed E-state index contributed by atoms with van der Waals surface area (Å²) in [6.45, 7) is 9.62. The Hall–Kier alpha value is -1.68. The van der Waals surface area contributed by atoms with Gasteiger partial charge >= 0.3 is 0 Å². The van der Waals surface area contributed by atoms with Crippen molar-refractivity contribution in [1.82, 2.24) is 14.7 Å². The zero-order chi connectivity index (χ0) is 26.6. The van der Waals surface area contributed by atoms with Gasteiger partial charge in [0, 0.05) is 32.2 Å². The average molecular weight is 536 g/mol. The Balaban J connectivity index is 1.30. The number of sulfone groups is 1. The topological polar surface area (TPSA) is 79.4 Å². The third-order valence-electron chi connectivity index (χ3n) is 8.62. The minimum absolute atomic E-state index is 0.0140. The minimum Gasteiger partial charge on any atom is -0.497 e. The number of methoxy groups -OCH3 is 1. The number of nitrogens with zero attached hydrogens (tertiary/aromatic N) is 3. The number of amides is 1. The Bertz CT molecular complexity index is 1010. The van der Waals surface area contributed by atoms with Gasteiger partial charge in [-0.25, -0.2) is 8.42 Å². The molecule has 2 heterocycles. The Labute approximate surface area is 223 Å². The van der Waals surface area contributed by atoms with E-state index in [1.807, 2.05) is 18.7 Å². The SMILES string of the molecule is COc1cc(C)c(S(=O)(=O)C2CCCCC2COCC(=O)N2CCN(C3CCN(C)CC3)CC2)c(C)c1. The first kappa shape index (κ1) is 28.3. The first-order valence-electron chi connectivity index (χ1n) is 13.9. The number of piperidine rings is 1. The molecule has 9 heteroatoms. The Kier molecular flexibility index (Phi) is 9.53. The molecule has 3 fully saturated rings. The summed E-state index contributed by atoms with van der Waals surface area (Å²) in [7, 11) is 0.242. The molecule has 0 radical (unpaired) electrons. The van der Waals surface area contributed by atoms with Crippen LogP contribution in [-0.2, 0) is 19.4 Å². The maximum Gasteiger partial charge on any atom is 0.248 e. The Morgan fingerprint density at radius 3 is 2.19 bits per heavy atom. The van der Waals surface area contributed by atoms with Crippen molar-refractivity contribution < 1.29 is 22.7 Å². The third kappa shape index (κ3) is 6.67. The van der Waals surface area contributed by atoms with Gasteiger partial charge in [0.2, 0.25) is 5.91 Å². The summed E-state index contributed by atoms with van der Waals surface area (Å²) in [4.78, 5) is 20.1. The van der Waals surface area contributed by atoms with Crippen LogP contribution < -0.4 is 4.74 Å². The molecule has 3 aliphatic rings. The van der Waals surface area contributed by atoms with Gasteiger partial charge in [-0.1, -0.05) is 12.8 Å². The molecule has 1 aromatic rings. The molecule has 37 heavy (non-hydrogen) atoms. The lowest BCUT2D eigenvalue weighted by atomic mass is 9.89. The molecular formula is C28H45N3O5S. The van der Waals surface area contributed by atoms with E-state index in [1.165, 1.54) is 12.8 Å². The van der Waals surface area contributed by atoms with Crippen molar-refractivity contribution in [3.8, 4) is 5.75 Å². The van der Waals surface area contributed by atoms with E-state index in [-0.39, 0.29) is 18.4 Å². The summed E-state index contributed by atoms with van der Waals surface area (Å²) in [5.74, 6) is 0.581. The van der Waals surface area contributed by atoms with Gasteiger partial charge in [0.25, 0.3) is 0 Å². The van der Waals surface area contributed by atoms with Gasteiger partial charge in [0.1, 0.15) is 12.4 Å². The van der Waals surface area contributed by atoms with E-state index < -0.39 is 15.1 Å². The fraction of sp³-hybridized carbons (Fsp3) is 0.750. The second-order valence-electron chi connectivity index (χ2n) is 11.2. The molecule has 8 nitrogen and oxygen atoms in total. The summed E-state index contributed by atoms with van der Waals surface area (Å²) in [5, 5.41) is -0.486. The summed E-state index contributed by atoms with van der Waals surface area (Å²) in [6, 6.07) is 4.21. The van der Waals surface area contributed by atoms with E-state index in [4.69, 9.17) is 9.47 Å². The highest BCUT2D eigenvalue weighted by Crippen LogP contribution is 2.37. The molecule has 2 unspecified atom stereocenters. The Morgan fingerprint density at radius 2 is 1.57 bits per heavy atom. The normalized spacial score (nSPS) is 24.8. The second-order valence-corrected chi connectivity index (χ2v) is 13.3. The van der Waals surface area contributed by atoms with E-state index in [9.17, 15) is 13.2 Å². The molecule has 1 saturated carbocycles. The quantitative estimate of drug-likeness (QED) is 0.507. The lowest BCUT2D eigenvalue weighted by Crippen LogP contribution is -2.54. The van der Waals surface area contributed by atoms with Crippen molar-refractivity contribution in [1.29, 1.82) is 0 Å². The van der Waals surface area contributed by atoms with Crippen LogP contribution in [0, 0.1) is 19.8 Å². The summed E-state index contributed by atoms with van der Waals surface area (Å²) >= 11 is 0. The van der Waals surface area contributed by atoms with E-state index >= 15 is 0 Å². The van der Waals surface area contributed by atoms with Gasteiger partial charge in [-0.3, -0.25) is 9.69 Å². The Morgan fingerprint density at radius 1 is 0.946 bits per heavy atom. The number of carbonyl (C=O) groups excluding carboxylic acids is 1. The average Bonchev–Trinajstić information content (AvgIpc) is 2.88. The molecule has 2 aliphatic heterocycles. The van der Waals surface area contributed by atoms with Crippen molar-refractivity contribution in [3.05, 3.63) is 23.3 Å². The molecule has 0 aromatic heterocycles. The number of hydrogen-bond donors (Lipinski definition) is 0. The zero-order valence-electron chi connectivity index (χ0n) is 23.1. The highest BCUT2D eigenvalue weighted by molar-refractivity contribution is 7.92. The van der Waals surface area contributed by atoms with E-state index in [0.29, 0.717) is 29.7 Å². The van der Waals surface area contributed by atoms with E-state index in [1.54, 1.807) is 19.2 Å². The zero-order valence-corrected chi connectivity index (χ0v) is 23.9. The van der Waals surface area contributed by atoms with Crippen molar-refractivity contribution in [3.63, 3.8) is 0 Å². The van der Waals surface area contributed by atoms with Crippen molar-refractivity contribution >= 4 is 15.7 Å². The van der Waals surface area contributed by atoms with Crippen LogP contribution >= 0.6 is 0 Å². The first-order chi connectivity index (χ1) is 17.7. The van der Waals surface area contributed by atoms with Crippen LogP contribution in [0.15, 0.2) is 17.0 Å². The fourth-order valence-electron chi connectivity index (χ4n) is 6.49. The molecule has 0 N–H and O–H groups in total. The number of hydrogen-bond acceptors (Lipinski definition) is 7. The lowest BCUT2D eigenvalue weighted by Gasteiger charge is -2.42. The number of carbonyl (C=O) groups is 1. The smallest absolute Gasteiger partial charge is 0.248 e. The molecule has 2 atom stereocenters. The van der Waals surface area contributed by atoms with Crippen molar-refractivity contribution in [2.45, 2.75) is 68.6 Å². The second kappa shape index (κ2) is 12.5. The van der Waals surface area contributed by atoms with Gasteiger partial charge in [0.15, 0.2) is 9.84 Å². The summed E-state index contributed by atoms with van der Waals surface area (Å²) in [5.41, 5.74) is 1.44. The third-order valence-corrected chi connectivity index (χ3v) is 11.3. The molecular weight excluding hydrogens is 490 g/mol. The van der Waals surface area contributed by atoms with Crippen LogP contribution in [0.1, 0.15) is 49.7 Å². The monoisotopic (exact) mass is 535 g/mol. The number of benzene rings is 1. The van der Waals surface area contributed by atoms with Crippen molar-refractivity contribution in [2.75, 3.05) is 66.6 Å². The number of likely N-dealkylation sites (tertiary alicyclic amines) is 1. The molecule has 2 saturated heterocycles.